The monoisotopic (exact) mass is 174 g/mol. The summed E-state index contributed by atoms with van der Waals surface area (Å²) in [5.74, 6) is 0. The van der Waals surface area contributed by atoms with Crippen LogP contribution >= 0.6 is 0 Å². The van der Waals surface area contributed by atoms with Gasteiger partial charge in [-0.3, -0.25) is 0 Å². The van der Waals surface area contributed by atoms with Crippen LogP contribution in [0.3, 0.4) is 0 Å². The second kappa shape index (κ2) is 4.13. The van der Waals surface area contributed by atoms with Crippen LogP contribution in [0.4, 0.5) is 0 Å². The van der Waals surface area contributed by atoms with E-state index >= 15 is 0 Å². The van der Waals surface area contributed by atoms with Gasteiger partial charge in [0.2, 0.25) is 0 Å². The van der Waals surface area contributed by atoms with Crippen LogP contribution in [0.1, 0.15) is 6.92 Å². The van der Waals surface area contributed by atoms with Gasteiger partial charge in [-0.2, -0.15) is 9.36 Å². The van der Waals surface area contributed by atoms with Crippen molar-refractivity contribution < 1.29 is 17.0 Å². The molecule has 1 aromatic rings. The molecular weight excluding hydrogens is 164 g/mol. The van der Waals surface area contributed by atoms with E-state index in [9.17, 15) is 4.79 Å². The zero-order valence-corrected chi connectivity index (χ0v) is 7.38. The van der Waals surface area contributed by atoms with E-state index < -0.39 is 0 Å². The Morgan fingerprint density at radius 2 is 2.27 bits per heavy atom. The van der Waals surface area contributed by atoms with Crippen LogP contribution in [0.15, 0.2) is 23.3 Å². The van der Waals surface area contributed by atoms with Crippen molar-refractivity contribution in [2.75, 3.05) is 0 Å². The summed E-state index contributed by atoms with van der Waals surface area (Å²) in [6, 6.07) is 1.85. The van der Waals surface area contributed by atoms with Gasteiger partial charge in [0.05, 0.1) is 26.0 Å². The van der Waals surface area contributed by atoms with Gasteiger partial charge < -0.3 is 12.4 Å². The molecule has 4 heteroatoms. The second-order valence-electron chi connectivity index (χ2n) is 2.17. The van der Waals surface area contributed by atoms with Gasteiger partial charge in [0.25, 0.3) is 0 Å². The Labute approximate surface area is 71.7 Å². The minimum Gasteiger partial charge on any atom is -1.00 e. The standard InChI is InChI=1S/C7H11N2O.ClH/c1-3-9-6-4-5-8(2)7(9)10;/h4-6H,3H2,1-2H3;1H/q+1;/p-1. The summed E-state index contributed by atoms with van der Waals surface area (Å²) in [5.41, 5.74) is 0.0324. The third-order valence-corrected chi connectivity index (χ3v) is 1.46. The molecule has 0 saturated carbocycles. The number of aromatic nitrogens is 2. The Bertz CT molecular complexity index is 282. The van der Waals surface area contributed by atoms with Crippen molar-refractivity contribution in [2.45, 2.75) is 13.5 Å². The van der Waals surface area contributed by atoms with Crippen molar-refractivity contribution >= 4 is 0 Å². The van der Waals surface area contributed by atoms with E-state index in [0.29, 0.717) is 0 Å². The van der Waals surface area contributed by atoms with Gasteiger partial charge in [-0.05, 0) is 6.92 Å². The molecule has 0 N–H and O–H groups in total. The molecule has 0 aliphatic rings. The van der Waals surface area contributed by atoms with Crippen LogP contribution in [0.2, 0.25) is 0 Å². The van der Waals surface area contributed by atoms with Crippen molar-refractivity contribution in [3.63, 3.8) is 0 Å². The quantitative estimate of drug-likeness (QED) is 0.410. The molecule has 0 aromatic carbocycles. The molecule has 0 atom stereocenters. The SMILES string of the molecule is CCn1ccc[n+](C)c1=O.[Cl-]. The summed E-state index contributed by atoms with van der Waals surface area (Å²) in [7, 11) is 1.74. The summed E-state index contributed by atoms with van der Waals surface area (Å²) in [5, 5.41) is 0. The zero-order valence-electron chi connectivity index (χ0n) is 6.62. The predicted octanol–water partition coefficient (Wildman–Crippen LogP) is -3.30. The number of hydrogen-bond donors (Lipinski definition) is 0. The maximum Gasteiger partial charge on any atom is 0.497 e. The van der Waals surface area contributed by atoms with Crippen molar-refractivity contribution in [3.8, 4) is 0 Å². The third kappa shape index (κ3) is 2.05. The molecule has 0 unspecified atom stereocenters. The van der Waals surface area contributed by atoms with Crippen LogP contribution in [0.5, 0.6) is 0 Å². The Hall–Kier alpha value is -0.830. The first-order valence-electron chi connectivity index (χ1n) is 3.30. The summed E-state index contributed by atoms with van der Waals surface area (Å²) in [6.07, 6.45) is 3.52. The van der Waals surface area contributed by atoms with Gasteiger partial charge in [0.1, 0.15) is 0 Å². The molecule has 1 rings (SSSR count). The maximum atomic E-state index is 11.1. The number of aryl methyl sites for hydroxylation is 2. The summed E-state index contributed by atoms with van der Waals surface area (Å²) < 4.78 is 3.21. The van der Waals surface area contributed by atoms with E-state index in [0.717, 1.165) is 6.54 Å². The minimum absolute atomic E-state index is 0. The lowest BCUT2D eigenvalue weighted by molar-refractivity contribution is -0.691. The first-order chi connectivity index (χ1) is 4.75. The van der Waals surface area contributed by atoms with Gasteiger partial charge in [0, 0.05) is 6.07 Å². The highest BCUT2D eigenvalue weighted by Gasteiger charge is 2.01. The van der Waals surface area contributed by atoms with Crippen molar-refractivity contribution in [3.05, 3.63) is 28.9 Å². The minimum atomic E-state index is 0. The van der Waals surface area contributed by atoms with Crippen LogP contribution in [-0.4, -0.2) is 4.57 Å². The molecule has 0 spiro atoms. The molecule has 0 aliphatic carbocycles. The molecule has 62 valence electrons. The highest BCUT2D eigenvalue weighted by atomic mass is 35.5. The molecule has 1 heterocycles. The van der Waals surface area contributed by atoms with Crippen molar-refractivity contribution in [1.29, 1.82) is 0 Å². The fraction of sp³-hybridized carbons (Fsp3) is 0.429. The molecule has 0 radical (unpaired) electrons. The largest absolute Gasteiger partial charge is 1.00 e. The van der Waals surface area contributed by atoms with Gasteiger partial charge in [-0.25, -0.2) is 4.57 Å². The third-order valence-electron chi connectivity index (χ3n) is 1.46. The average Bonchev–Trinajstić information content (AvgIpc) is 1.95. The average molecular weight is 175 g/mol. The Morgan fingerprint density at radius 3 is 2.73 bits per heavy atom. The molecule has 0 aliphatic heterocycles. The molecule has 0 bridgehead atoms. The van der Waals surface area contributed by atoms with Gasteiger partial charge in [0.15, 0.2) is 0 Å². The first-order valence-corrected chi connectivity index (χ1v) is 3.30. The Morgan fingerprint density at radius 1 is 1.64 bits per heavy atom. The lowest BCUT2D eigenvalue weighted by Gasteiger charge is -1.92. The molecule has 0 fully saturated rings. The highest BCUT2D eigenvalue weighted by molar-refractivity contribution is 4.74. The van der Waals surface area contributed by atoms with Gasteiger partial charge in [-0.15, -0.1) is 0 Å². The van der Waals surface area contributed by atoms with Gasteiger partial charge in [-0.1, -0.05) is 0 Å². The molecule has 0 saturated heterocycles. The van der Waals surface area contributed by atoms with Crippen LogP contribution in [0.25, 0.3) is 0 Å². The van der Waals surface area contributed by atoms with Gasteiger partial charge >= 0.3 is 5.69 Å². The van der Waals surface area contributed by atoms with E-state index in [1.54, 1.807) is 28.6 Å². The van der Waals surface area contributed by atoms with E-state index in [-0.39, 0.29) is 18.1 Å². The number of nitrogens with zero attached hydrogens (tertiary/aromatic N) is 2. The number of rotatable bonds is 1. The maximum absolute atomic E-state index is 11.1. The van der Waals surface area contributed by atoms with Crippen LogP contribution < -0.4 is 22.7 Å². The molecular formula is C7H11ClN2O. The topological polar surface area (TPSA) is 25.9 Å². The van der Waals surface area contributed by atoms with Crippen LogP contribution in [-0.2, 0) is 13.6 Å². The fourth-order valence-corrected chi connectivity index (χ4v) is 0.842. The summed E-state index contributed by atoms with van der Waals surface area (Å²) >= 11 is 0. The number of hydrogen-bond acceptors (Lipinski definition) is 1. The van der Waals surface area contributed by atoms with Crippen LogP contribution in [0, 0.1) is 0 Å². The molecule has 3 nitrogen and oxygen atoms in total. The van der Waals surface area contributed by atoms with E-state index in [4.69, 9.17) is 0 Å². The molecule has 11 heavy (non-hydrogen) atoms. The normalized spacial score (nSPS) is 8.91. The lowest BCUT2D eigenvalue weighted by atomic mass is 10.6. The summed E-state index contributed by atoms with van der Waals surface area (Å²) in [4.78, 5) is 11.1. The van der Waals surface area contributed by atoms with Crippen molar-refractivity contribution in [2.24, 2.45) is 7.05 Å². The second-order valence-corrected chi connectivity index (χ2v) is 2.17. The Kier molecular flexibility index (Phi) is 3.82. The van der Waals surface area contributed by atoms with E-state index in [2.05, 4.69) is 0 Å². The molecule has 0 amide bonds. The smallest absolute Gasteiger partial charge is 0.497 e. The molecule has 1 aromatic heterocycles. The lowest BCUT2D eigenvalue weighted by Crippen LogP contribution is -3.00. The first kappa shape index (κ1) is 10.2. The summed E-state index contributed by atoms with van der Waals surface area (Å²) in [6.45, 7) is 2.68. The highest BCUT2D eigenvalue weighted by Crippen LogP contribution is 1.74. The number of halogens is 1. The van der Waals surface area contributed by atoms with E-state index in [1.807, 2.05) is 13.0 Å². The predicted molar refractivity (Wildman–Crippen MR) is 37.6 cm³/mol. The van der Waals surface area contributed by atoms with E-state index in [1.165, 1.54) is 0 Å². The zero-order chi connectivity index (χ0) is 7.56. The Balaban J connectivity index is 0.000001000. The fourth-order valence-electron chi connectivity index (χ4n) is 0.842. The van der Waals surface area contributed by atoms with Crippen molar-refractivity contribution in [1.82, 2.24) is 4.57 Å².